The van der Waals surface area contributed by atoms with Crippen LogP contribution < -0.4 is 17.7 Å². The summed E-state index contributed by atoms with van der Waals surface area (Å²) in [5.41, 5.74) is 3.87. The Bertz CT molecular complexity index is 574. The Kier molecular flexibility index (Phi) is 5.38. The summed E-state index contributed by atoms with van der Waals surface area (Å²) in [5, 5.41) is 4.97. The molecule has 0 radical (unpaired) electrons. The van der Waals surface area contributed by atoms with Crippen LogP contribution in [0.5, 0.6) is 0 Å². The highest BCUT2D eigenvalue weighted by molar-refractivity contribution is 5.79. The Balaban J connectivity index is 0.00000110. The lowest BCUT2D eigenvalue weighted by atomic mass is 9.90. The fraction of sp³-hybridized carbons (Fsp3) is 0.471. The maximum absolute atomic E-state index is 4.85. The normalized spacial score (nSPS) is 17.6. The standard InChI is InChI=1S/C17H22N2.ClH/c1-2-3-11-18-16-9-6-10-17-14(16)12-13-7-4-5-8-15(13)19-17;/h4-5,7-8,12,16,18H,2-3,6,9-11H2,1H3;1H. The van der Waals surface area contributed by atoms with Crippen molar-refractivity contribution in [2.75, 3.05) is 6.54 Å². The van der Waals surface area contributed by atoms with Crippen LogP contribution >= 0.6 is 0 Å². The lowest BCUT2D eigenvalue weighted by molar-refractivity contribution is -0.00000404. The van der Waals surface area contributed by atoms with Gasteiger partial charge in [0.15, 0.2) is 0 Å². The van der Waals surface area contributed by atoms with Gasteiger partial charge in [0, 0.05) is 17.1 Å². The quantitative estimate of drug-likeness (QED) is 0.854. The summed E-state index contributed by atoms with van der Waals surface area (Å²) in [7, 11) is 0. The van der Waals surface area contributed by atoms with Crippen LogP contribution in [0.1, 0.15) is 51.3 Å². The first kappa shape index (κ1) is 15.3. The molecule has 0 bridgehead atoms. The first-order valence-corrected chi connectivity index (χ1v) is 7.50. The molecule has 0 fully saturated rings. The van der Waals surface area contributed by atoms with Crippen LogP contribution in [-0.2, 0) is 6.42 Å². The van der Waals surface area contributed by atoms with Crippen molar-refractivity contribution >= 4 is 10.9 Å². The predicted molar refractivity (Wildman–Crippen MR) is 81.4 cm³/mol. The Morgan fingerprint density at radius 3 is 3.05 bits per heavy atom. The number of hydrogen-bond acceptors (Lipinski definition) is 2. The summed E-state index contributed by atoms with van der Waals surface area (Å²) >= 11 is 0. The van der Waals surface area contributed by atoms with Crippen LogP contribution in [0.2, 0.25) is 0 Å². The maximum Gasteiger partial charge on any atom is 1.00 e. The number of benzene rings is 1. The number of pyridine rings is 1. The summed E-state index contributed by atoms with van der Waals surface area (Å²) in [5.74, 6) is 0. The van der Waals surface area contributed by atoms with Gasteiger partial charge >= 0.3 is 1.43 Å². The Labute approximate surface area is 128 Å². The summed E-state index contributed by atoms with van der Waals surface area (Å²) in [4.78, 5) is 4.85. The number of aromatic nitrogens is 1. The van der Waals surface area contributed by atoms with E-state index in [1.165, 1.54) is 42.3 Å². The zero-order valence-corrected chi connectivity index (χ0v) is 12.8. The van der Waals surface area contributed by atoms with Crippen LogP contribution in [0.25, 0.3) is 10.9 Å². The topological polar surface area (TPSA) is 24.9 Å². The van der Waals surface area contributed by atoms with Crippen LogP contribution in [0.15, 0.2) is 30.3 Å². The largest absolute Gasteiger partial charge is 1.00 e. The average molecular weight is 291 g/mol. The summed E-state index contributed by atoms with van der Waals surface area (Å²) < 4.78 is 0. The van der Waals surface area contributed by atoms with Gasteiger partial charge in [-0.05, 0) is 49.9 Å². The molecule has 1 aromatic carbocycles. The third-order valence-corrected chi connectivity index (χ3v) is 4.04. The maximum atomic E-state index is 4.85. The van der Waals surface area contributed by atoms with Crippen LogP contribution in [-0.4, -0.2) is 11.5 Å². The average Bonchev–Trinajstić information content (AvgIpc) is 2.46. The van der Waals surface area contributed by atoms with Crippen LogP contribution in [0.4, 0.5) is 0 Å². The molecule has 1 N–H and O–H groups in total. The minimum Gasteiger partial charge on any atom is -1.00 e. The van der Waals surface area contributed by atoms with Crippen molar-refractivity contribution in [3.05, 3.63) is 41.6 Å². The molecule has 1 unspecified atom stereocenters. The fourth-order valence-corrected chi connectivity index (χ4v) is 2.97. The minimum absolute atomic E-state index is 0. The van der Waals surface area contributed by atoms with Crippen molar-refractivity contribution in [2.24, 2.45) is 0 Å². The smallest absolute Gasteiger partial charge is 1.00 e. The molecule has 108 valence electrons. The highest BCUT2D eigenvalue weighted by Crippen LogP contribution is 2.31. The van der Waals surface area contributed by atoms with Crippen molar-refractivity contribution in [3.63, 3.8) is 0 Å². The molecule has 2 aromatic rings. The first-order valence-electron chi connectivity index (χ1n) is 7.50. The van der Waals surface area contributed by atoms with Gasteiger partial charge in [-0.3, -0.25) is 4.98 Å². The monoisotopic (exact) mass is 290 g/mol. The first-order chi connectivity index (χ1) is 9.38. The number of fused-ring (bicyclic) bond motifs is 2. The second kappa shape index (κ2) is 7.05. The molecule has 0 aliphatic heterocycles. The molecule has 3 heteroatoms. The number of aryl methyl sites for hydroxylation is 1. The summed E-state index contributed by atoms with van der Waals surface area (Å²) in [6, 6.07) is 11.3. The van der Waals surface area contributed by atoms with Gasteiger partial charge < -0.3 is 17.7 Å². The van der Waals surface area contributed by atoms with Gasteiger partial charge in [-0.2, -0.15) is 0 Å². The lowest BCUT2D eigenvalue weighted by Crippen LogP contribution is -3.00. The molecule has 0 amide bonds. The Morgan fingerprint density at radius 2 is 2.20 bits per heavy atom. The summed E-state index contributed by atoms with van der Waals surface area (Å²) in [6.45, 7) is 3.36. The number of halogens is 1. The molecule has 1 aliphatic rings. The molecule has 1 heterocycles. The van der Waals surface area contributed by atoms with Gasteiger partial charge in [-0.1, -0.05) is 31.5 Å². The number of rotatable bonds is 4. The third-order valence-electron chi connectivity index (χ3n) is 4.04. The summed E-state index contributed by atoms with van der Waals surface area (Å²) in [6.07, 6.45) is 6.14. The molecule has 20 heavy (non-hydrogen) atoms. The van der Waals surface area contributed by atoms with E-state index in [-0.39, 0.29) is 13.8 Å². The van der Waals surface area contributed by atoms with Gasteiger partial charge in [0.25, 0.3) is 0 Å². The molecule has 1 aromatic heterocycles. The molecular weight excluding hydrogens is 268 g/mol. The van der Waals surface area contributed by atoms with Crippen molar-refractivity contribution in [2.45, 2.75) is 45.1 Å². The zero-order chi connectivity index (χ0) is 13.1. The van der Waals surface area contributed by atoms with E-state index in [1.54, 1.807) is 0 Å². The van der Waals surface area contributed by atoms with Crippen molar-refractivity contribution in [1.82, 2.24) is 10.3 Å². The van der Waals surface area contributed by atoms with E-state index in [1.807, 2.05) is 0 Å². The fourth-order valence-electron chi connectivity index (χ4n) is 2.97. The number of hydrogen-bond donors (Lipinski definition) is 1. The lowest BCUT2D eigenvalue weighted by Gasteiger charge is -2.26. The molecule has 1 atom stereocenters. The van der Waals surface area contributed by atoms with E-state index < -0.39 is 0 Å². The van der Waals surface area contributed by atoms with Crippen LogP contribution in [0.3, 0.4) is 0 Å². The SMILES string of the molecule is CCCCNC1CCCc2nc3ccccc3cc21.[Cl-].[H+]. The van der Waals surface area contributed by atoms with Gasteiger partial charge in [-0.15, -0.1) is 0 Å². The Morgan fingerprint density at radius 1 is 1.35 bits per heavy atom. The van der Waals surface area contributed by atoms with Gasteiger partial charge in [0.2, 0.25) is 0 Å². The van der Waals surface area contributed by atoms with Gasteiger partial charge in [-0.25, -0.2) is 0 Å². The third kappa shape index (κ3) is 3.13. The second-order valence-electron chi connectivity index (χ2n) is 5.47. The molecule has 0 saturated carbocycles. The number of nitrogens with zero attached hydrogens (tertiary/aromatic N) is 1. The van der Waals surface area contributed by atoms with Gasteiger partial charge in [0.1, 0.15) is 0 Å². The van der Waals surface area contributed by atoms with E-state index in [4.69, 9.17) is 4.98 Å². The Hall–Kier alpha value is -1.12. The van der Waals surface area contributed by atoms with E-state index >= 15 is 0 Å². The predicted octanol–water partition coefficient (Wildman–Crippen LogP) is 1.12. The zero-order valence-electron chi connectivity index (χ0n) is 13.0. The molecule has 1 aliphatic carbocycles. The highest BCUT2D eigenvalue weighted by Gasteiger charge is 2.21. The molecular formula is C17H23ClN2. The number of para-hydroxylation sites is 1. The van der Waals surface area contributed by atoms with E-state index in [0.717, 1.165) is 18.5 Å². The van der Waals surface area contributed by atoms with E-state index in [0.29, 0.717) is 6.04 Å². The van der Waals surface area contributed by atoms with Crippen molar-refractivity contribution in [1.29, 1.82) is 0 Å². The molecule has 3 rings (SSSR count). The van der Waals surface area contributed by atoms with E-state index in [2.05, 4.69) is 42.6 Å². The molecule has 0 spiro atoms. The van der Waals surface area contributed by atoms with E-state index in [9.17, 15) is 0 Å². The molecule has 2 nitrogen and oxygen atoms in total. The van der Waals surface area contributed by atoms with Crippen molar-refractivity contribution in [3.8, 4) is 0 Å². The van der Waals surface area contributed by atoms with Gasteiger partial charge in [0.05, 0.1) is 5.52 Å². The number of unbranched alkanes of at least 4 members (excludes halogenated alkanes) is 1. The van der Waals surface area contributed by atoms with Crippen LogP contribution in [0, 0.1) is 0 Å². The number of nitrogens with one attached hydrogen (secondary N) is 1. The van der Waals surface area contributed by atoms with Crippen molar-refractivity contribution < 1.29 is 13.8 Å². The molecule has 0 saturated heterocycles. The highest BCUT2D eigenvalue weighted by atomic mass is 35.5. The minimum atomic E-state index is 0. The second-order valence-corrected chi connectivity index (χ2v) is 5.47.